The molecule has 1 aromatic rings. The molecular weight excluding hydrogens is 321 g/mol. The molecule has 3 rings (SSSR count). The molecule has 0 spiro atoms. The van der Waals surface area contributed by atoms with E-state index in [9.17, 15) is 4.79 Å². The number of hydrogen-bond donors (Lipinski definition) is 1. The van der Waals surface area contributed by atoms with Crippen LogP contribution < -0.4 is 10.2 Å². The number of anilines is 1. The summed E-state index contributed by atoms with van der Waals surface area (Å²) in [4.78, 5) is 16.9. The van der Waals surface area contributed by atoms with Crippen LogP contribution in [-0.4, -0.2) is 50.1 Å². The molecule has 2 aliphatic heterocycles. The van der Waals surface area contributed by atoms with Gasteiger partial charge >= 0.3 is 0 Å². The van der Waals surface area contributed by atoms with E-state index in [0.717, 1.165) is 52.1 Å². The molecule has 4 nitrogen and oxygen atoms in total. The van der Waals surface area contributed by atoms with Gasteiger partial charge in [-0.2, -0.15) is 0 Å². The van der Waals surface area contributed by atoms with Crippen molar-refractivity contribution in [3.8, 4) is 0 Å². The molecular formula is C16H25Cl2N3O. The lowest BCUT2D eigenvalue weighted by atomic mass is 9.98. The molecule has 1 amide bonds. The van der Waals surface area contributed by atoms with Gasteiger partial charge in [0, 0.05) is 38.4 Å². The summed E-state index contributed by atoms with van der Waals surface area (Å²) in [6, 6.07) is 10.5. The standard InChI is InChI=1S/C16H23N3O.2ClH/c20-16(14-5-4-8-17-13-14)19-11-9-18(10-12-19)15-6-2-1-3-7-15;;/h1-3,6-7,14,17H,4-5,8-13H2;2*1H/t14-;;/m1../s1. The van der Waals surface area contributed by atoms with Gasteiger partial charge in [0.15, 0.2) is 0 Å². The molecule has 0 radical (unpaired) electrons. The molecule has 2 fully saturated rings. The van der Waals surface area contributed by atoms with E-state index in [1.54, 1.807) is 0 Å². The molecule has 1 atom stereocenters. The second kappa shape index (κ2) is 9.23. The predicted octanol–water partition coefficient (Wildman–Crippen LogP) is 2.18. The van der Waals surface area contributed by atoms with Crippen LogP contribution in [0.2, 0.25) is 0 Å². The molecule has 2 aliphatic rings. The number of nitrogens with zero attached hydrogens (tertiary/aromatic N) is 2. The monoisotopic (exact) mass is 345 g/mol. The Morgan fingerprint density at radius 2 is 1.73 bits per heavy atom. The molecule has 1 N–H and O–H groups in total. The van der Waals surface area contributed by atoms with Crippen molar-refractivity contribution < 1.29 is 4.79 Å². The smallest absolute Gasteiger partial charge is 0.227 e. The van der Waals surface area contributed by atoms with Gasteiger partial charge in [0.25, 0.3) is 0 Å². The van der Waals surface area contributed by atoms with Gasteiger partial charge in [-0.1, -0.05) is 18.2 Å². The Morgan fingerprint density at radius 1 is 1.05 bits per heavy atom. The SMILES string of the molecule is Cl.Cl.O=C([C@@H]1CCCNC1)N1CCN(c2ccccc2)CC1. The molecule has 1 aromatic carbocycles. The summed E-state index contributed by atoms with van der Waals surface area (Å²) in [7, 11) is 0. The van der Waals surface area contributed by atoms with Gasteiger partial charge in [0.05, 0.1) is 5.92 Å². The van der Waals surface area contributed by atoms with Gasteiger partial charge in [0.1, 0.15) is 0 Å². The number of amides is 1. The average molecular weight is 346 g/mol. The van der Waals surface area contributed by atoms with Crippen molar-refractivity contribution >= 4 is 36.4 Å². The number of piperazine rings is 1. The lowest BCUT2D eigenvalue weighted by Crippen LogP contribution is -2.52. The van der Waals surface area contributed by atoms with Crippen LogP contribution in [0.15, 0.2) is 30.3 Å². The molecule has 22 heavy (non-hydrogen) atoms. The topological polar surface area (TPSA) is 35.6 Å². The van der Waals surface area contributed by atoms with Gasteiger partial charge < -0.3 is 15.1 Å². The normalized spacial score (nSPS) is 21.5. The summed E-state index contributed by atoms with van der Waals surface area (Å²) in [6.07, 6.45) is 2.17. The third-order valence-electron chi connectivity index (χ3n) is 4.36. The Labute approximate surface area is 145 Å². The van der Waals surface area contributed by atoms with Gasteiger partial charge in [-0.25, -0.2) is 0 Å². The highest BCUT2D eigenvalue weighted by molar-refractivity contribution is 5.85. The fourth-order valence-corrected chi connectivity index (χ4v) is 3.14. The highest BCUT2D eigenvalue weighted by Gasteiger charge is 2.28. The van der Waals surface area contributed by atoms with Crippen LogP contribution in [0, 0.1) is 5.92 Å². The van der Waals surface area contributed by atoms with Crippen LogP contribution in [0.4, 0.5) is 5.69 Å². The quantitative estimate of drug-likeness (QED) is 0.892. The number of halogens is 2. The van der Waals surface area contributed by atoms with Gasteiger partial charge in [-0.05, 0) is 31.5 Å². The number of para-hydroxylation sites is 1. The van der Waals surface area contributed by atoms with E-state index < -0.39 is 0 Å². The van der Waals surface area contributed by atoms with Gasteiger partial charge in [0.2, 0.25) is 5.91 Å². The lowest BCUT2D eigenvalue weighted by Gasteiger charge is -2.38. The molecule has 0 saturated carbocycles. The van der Waals surface area contributed by atoms with Crippen molar-refractivity contribution in [2.75, 3.05) is 44.2 Å². The zero-order valence-corrected chi connectivity index (χ0v) is 14.4. The van der Waals surface area contributed by atoms with E-state index >= 15 is 0 Å². The molecule has 124 valence electrons. The third-order valence-corrected chi connectivity index (χ3v) is 4.36. The van der Waals surface area contributed by atoms with E-state index in [-0.39, 0.29) is 30.7 Å². The summed E-state index contributed by atoms with van der Waals surface area (Å²) in [5, 5.41) is 3.33. The Bertz CT molecular complexity index is 444. The van der Waals surface area contributed by atoms with Crippen LogP contribution in [-0.2, 0) is 4.79 Å². The number of rotatable bonds is 2. The van der Waals surface area contributed by atoms with E-state index in [1.807, 2.05) is 6.07 Å². The number of benzene rings is 1. The first-order valence-electron chi connectivity index (χ1n) is 7.64. The van der Waals surface area contributed by atoms with Crippen LogP contribution in [0.5, 0.6) is 0 Å². The van der Waals surface area contributed by atoms with Crippen LogP contribution in [0.25, 0.3) is 0 Å². The minimum atomic E-state index is 0. The molecule has 0 aliphatic carbocycles. The second-order valence-electron chi connectivity index (χ2n) is 5.69. The number of carbonyl (C=O) groups is 1. The molecule has 0 aromatic heterocycles. The molecule has 0 bridgehead atoms. The first-order valence-corrected chi connectivity index (χ1v) is 7.64. The summed E-state index contributed by atoms with van der Waals surface area (Å²) < 4.78 is 0. The zero-order chi connectivity index (χ0) is 13.8. The Kier molecular flexibility index (Phi) is 8.01. The maximum atomic E-state index is 12.5. The Morgan fingerprint density at radius 3 is 2.32 bits per heavy atom. The molecule has 2 saturated heterocycles. The minimum absolute atomic E-state index is 0. The first kappa shape index (κ1) is 19.1. The summed E-state index contributed by atoms with van der Waals surface area (Å²) in [5.41, 5.74) is 1.26. The van der Waals surface area contributed by atoms with E-state index in [1.165, 1.54) is 5.69 Å². The number of carbonyl (C=O) groups excluding carboxylic acids is 1. The Hall–Kier alpha value is -0.970. The summed E-state index contributed by atoms with van der Waals surface area (Å²) in [6.45, 7) is 5.50. The lowest BCUT2D eigenvalue weighted by molar-refractivity contribution is -0.136. The number of hydrogen-bond acceptors (Lipinski definition) is 3. The van der Waals surface area contributed by atoms with Crippen molar-refractivity contribution in [3.63, 3.8) is 0 Å². The maximum absolute atomic E-state index is 12.5. The number of piperidine rings is 1. The maximum Gasteiger partial charge on any atom is 0.227 e. The Balaban J connectivity index is 0.00000121. The fourth-order valence-electron chi connectivity index (χ4n) is 3.14. The highest BCUT2D eigenvalue weighted by Crippen LogP contribution is 2.18. The fraction of sp³-hybridized carbons (Fsp3) is 0.562. The predicted molar refractivity (Wildman–Crippen MR) is 95.3 cm³/mol. The molecule has 0 unspecified atom stereocenters. The van der Waals surface area contributed by atoms with Crippen molar-refractivity contribution in [3.05, 3.63) is 30.3 Å². The zero-order valence-electron chi connectivity index (χ0n) is 12.7. The summed E-state index contributed by atoms with van der Waals surface area (Å²) in [5.74, 6) is 0.553. The highest BCUT2D eigenvalue weighted by atomic mass is 35.5. The molecule has 2 heterocycles. The van der Waals surface area contributed by atoms with E-state index in [0.29, 0.717) is 5.91 Å². The van der Waals surface area contributed by atoms with Crippen molar-refractivity contribution in [1.82, 2.24) is 10.2 Å². The van der Waals surface area contributed by atoms with Gasteiger partial charge in [-0.3, -0.25) is 4.79 Å². The van der Waals surface area contributed by atoms with Gasteiger partial charge in [-0.15, -0.1) is 24.8 Å². The average Bonchev–Trinajstić information content (AvgIpc) is 2.56. The van der Waals surface area contributed by atoms with Crippen LogP contribution >= 0.6 is 24.8 Å². The van der Waals surface area contributed by atoms with Crippen LogP contribution in [0.3, 0.4) is 0 Å². The van der Waals surface area contributed by atoms with E-state index in [4.69, 9.17) is 0 Å². The third kappa shape index (κ3) is 4.51. The van der Waals surface area contributed by atoms with E-state index in [2.05, 4.69) is 39.4 Å². The molecule has 6 heteroatoms. The van der Waals surface area contributed by atoms with Crippen LogP contribution in [0.1, 0.15) is 12.8 Å². The summed E-state index contributed by atoms with van der Waals surface area (Å²) >= 11 is 0. The minimum Gasteiger partial charge on any atom is -0.368 e. The number of nitrogens with one attached hydrogen (secondary N) is 1. The van der Waals surface area contributed by atoms with Crippen molar-refractivity contribution in [1.29, 1.82) is 0 Å². The first-order chi connectivity index (χ1) is 9.84. The largest absolute Gasteiger partial charge is 0.368 e. The second-order valence-corrected chi connectivity index (χ2v) is 5.69. The van der Waals surface area contributed by atoms with Crippen molar-refractivity contribution in [2.24, 2.45) is 5.92 Å². The van der Waals surface area contributed by atoms with Crippen molar-refractivity contribution in [2.45, 2.75) is 12.8 Å².